The average Bonchev–Trinajstić information content (AvgIpc) is 3.47. The van der Waals surface area contributed by atoms with Crippen molar-refractivity contribution in [1.29, 1.82) is 0 Å². The van der Waals surface area contributed by atoms with Crippen molar-refractivity contribution in [3.8, 4) is 11.1 Å². The molecule has 1 unspecified atom stereocenters. The summed E-state index contributed by atoms with van der Waals surface area (Å²) < 4.78 is 49.2. The summed E-state index contributed by atoms with van der Waals surface area (Å²) in [4.78, 5) is 16.7. The van der Waals surface area contributed by atoms with E-state index in [9.17, 15) is 18.0 Å². The predicted octanol–water partition coefficient (Wildman–Crippen LogP) is 6.23. The van der Waals surface area contributed by atoms with Gasteiger partial charge in [-0.3, -0.25) is 9.67 Å². The highest BCUT2D eigenvalue weighted by molar-refractivity contribution is 9.10. The van der Waals surface area contributed by atoms with Crippen molar-refractivity contribution in [2.45, 2.75) is 45.4 Å². The van der Waals surface area contributed by atoms with E-state index in [1.807, 2.05) is 6.07 Å². The van der Waals surface area contributed by atoms with Crippen molar-refractivity contribution in [3.63, 3.8) is 0 Å². The summed E-state index contributed by atoms with van der Waals surface area (Å²) in [6.07, 6.45) is 6.20. The topological polar surface area (TPSA) is 74.8 Å². The summed E-state index contributed by atoms with van der Waals surface area (Å²) in [5, 5.41) is 8.33. The van der Waals surface area contributed by atoms with Crippen LogP contribution in [0.5, 0.6) is 0 Å². The fourth-order valence-corrected chi connectivity index (χ4v) is 3.81. The summed E-state index contributed by atoms with van der Waals surface area (Å²) in [5.74, 6) is -1.22. The van der Waals surface area contributed by atoms with Crippen LogP contribution in [0.1, 0.15) is 55.1 Å². The third-order valence-electron chi connectivity index (χ3n) is 5.19. The van der Waals surface area contributed by atoms with E-state index in [1.54, 1.807) is 43.9 Å². The van der Waals surface area contributed by atoms with Gasteiger partial charge in [-0.15, -0.1) is 0 Å². The maximum Gasteiger partial charge on any atom is 0.338 e. The second-order valence-corrected chi connectivity index (χ2v) is 10.0. The molecule has 11 heteroatoms. The molecule has 36 heavy (non-hydrogen) atoms. The van der Waals surface area contributed by atoms with Gasteiger partial charge in [0.25, 0.3) is 0 Å². The molecular formula is C25H23BrF3N5O2. The lowest BCUT2D eigenvalue weighted by Crippen LogP contribution is -2.23. The summed E-state index contributed by atoms with van der Waals surface area (Å²) in [6, 6.07) is 8.74. The molecule has 0 N–H and O–H groups in total. The van der Waals surface area contributed by atoms with Gasteiger partial charge in [-0.05, 0) is 67.0 Å². The van der Waals surface area contributed by atoms with Crippen LogP contribution >= 0.6 is 15.9 Å². The third kappa shape index (κ3) is 6.01. The molecule has 1 atom stereocenters. The first-order valence-corrected chi connectivity index (χ1v) is 11.8. The Hall–Kier alpha value is -3.47. The first-order chi connectivity index (χ1) is 17.0. The molecule has 0 bridgehead atoms. The van der Waals surface area contributed by atoms with Crippen LogP contribution in [0.4, 0.5) is 13.2 Å². The predicted molar refractivity (Wildman–Crippen MR) is 130 cm³/mol. The first-order valence-electron chi connectivity index (χ1n) is 11.0. The van der Waals surface area contributed by atoms with Crippen molar-refractivity contribution < 1.29 is 22.7 Å². The van der Waals surface area contributed by atoms with Gasteiger partial charge in [-0.25, -0.2) is 13.9 Å². The third-order valence-corrected chi connectivity index (χ3v) is 5.66. The van der Waals surface area contributed by atoms with Crippen LogP contribution in [0, 0.1) is 5.82 Å². The zero-order chi connectivity index (χ0) is 26.0. The number of aromatic nitrogens is 5. The van der Waals surface area contributed by atoms with Crippen LogP contribution in [-0.4, -0.2) is 36.1 Å². The van der Waals surface area contributed by atoms with Crippen molar-refractivity contribution in [1.82, 2.24) is 24.5 Å². The largest absolute Gasteiger partial charge is 0.456 e. The molecule has 3 heterocycles. The Morgan fingerprint density at radius 3 is 2.50 bits per heavy atom. The normalized spacial score (nSPS) is 12.7. The lowest BCUT2D eigenvalue weighted by atomic mass is 10.1. The summed E-state index contributed by atoms with van der Waals surface area (Å²) in [5.41, 5.74) is 1.18. The molecule has 0 fully saturated rings. The number of hydrogen-bond acceptors (Lipinski definition) is 5. The van der Waals surface area contributed by atoms with Crippen LogP contribution < -0.4 is 0 Å². The van der Waals surface area contributed by atoms with Crippen molar-refractivity contribution in [2.75, 3.05) is 0 Å². The Kier molecular flexibility index (Phi) is 7.30. The standard InChI is InChI=1S/C25H23BrF3N5O2/c1-25(2,3)36-23(35)15-4-6-19(20(27)10-15)16-12-31-34(14-16)22(21-7-5-17(26)13-30-21)11-18-8-9-33(32-18)24(28)29/h4-10,12-14,22,24H,11H2,1-3H3. The van der Waals surface area contributed by atoms with E-state index in [-0.39, 0.29) is 17.5 Å². The van der Waals surface area contributed by atoms with Crippen molar-refractivity contribution in [3.05, 3.63) is 88.4 Å². The van der Waals surface area contributed by atoms with Gasteiger partial charge in [0.2, 0.25) is 0 Å². The number of benzene rings is 1. The van der Waals surface area contributed by atoms with E-state index in [4.69, 9.17) is 4.74 Å². The minimum absolute atomic E-state index is 0.102. The van der Waals surface area contributed by atoms with E-state index in [2.05, 4.69) is 31.1 Å². The number of pyridine rings is 1. The molecule has 0 aliphatic carbocycles. The highest BCUT2D eigenvalue weighted by Crippen LogP contribution is 2.28. The SMILES string of the molecule is CC(C)(C)OC(=O)c1ccc(-c2cnn(C(Cc3ccn(C(F)F)n3)c3ccc(Br)cn3)c2)c(F)c1. The average molecular weight is 562 g/mol. The van der Waals surface area contributed by atoms with Crippen LogP contribution in [0.25, 0.3) is 11.1 Å². The molecule has 4 rings (SSSR count). The van der Waals surface area contributed by atoms with Crippen molar-refractivity contribution >= 4 is 21.9 Å². The zero-order valence-electron chi connectivity index (χ0n) is 19.7. The lowest BCUT2D eigenvalue weighted by Gasteiger charge is -2.19. The Morgan fingerprint density at radius 2 is 1.89 bits per heavy atom. The Morgan fingerprint density at radius 1 is 1.11 bits per heavy atom. The van der Waals surface area contributed by atoms with Crippen molar-refractivity contribution in [2.24, 2.45) is 0 Å². The van der Waals surface area contributed by atoms with Gasteiger partial charge in [-0.2, -0.15) is 19.0 Å². The highest BCUT2D eigenvalue weighted by Gasteiger charge is 2.22. The molecule has 4 aromatic rings. The minimum atomic E-state index is -2.74. The number of carbonyl (C=O) groups excluding carboxylic acids is 1. The summed E-state index contributed by atoms with van der Waals surface area (Å²) in [6.45, 7) is 2.46. The van der Waals surface area contributed by atoms with Gasteiger partial charge in [0.1, 0.15) is 11.4 Å². The molecule has 1 aromatic carbocycles. The molecule has 0 radical (unpaired) electrons. The van der Waals surface area contributed by atoms with Gasteiger partial charge in [0, 0.05) is 40.6 Å². The number of ether oxygens (including phenoxy) is 1. The first kappa shape index (κ1) is 25.6. The molecule has 3 aromatic heterocycles. The number of esters is 1. The fourth-order valence-electron chi connectivity index (χ4n) is 3.57. The second kappa shape index (κ2) is 10.3. The van der Waals surface area contributed by atoms with Crippen LogP contribution in [0.2, 0.25) is 0 Å². The number of rotatable bonds is 7. The molecule has 0 amide bonds. The zero-order valence-corrected chi connectivity index (χ0v) is 21.3. The number of nitrogens with zero attached hydrogens (tertiary/aromatic N) is 5. The van der Waals surface area contributed by atoms with Crippen LogP contribution in [-0.2, 0) is 11.2 Å². The van der Waals surface area contributed by atoms with E-state index in [1.165, 1.54) is 30.6 Å². The number of alkyl halides is 2. The van der Waals surface area contributed by atoms with E-state index in [0.717, 1.165) is 10.5 Å². The van der Waals surface area contributed by atoms with E-state index < -0.39 is 30.0 Å². The van der Waals surface area contributed by atoms with Gasteiger partial charge in [0.05, 0.1) is 29.2 Å². The monoisotopic (exact) mass is 561 g/mol. The smallest absolute Gasteiger partial charge is 0.338 e. The summed E-state index contributed by atoms with van der Waals surface area (Å²) >= 11 is 3.35. The molecule has 188 valence electrons. The Labute approximate surface area is 214 Å². The maximum absolute atomic E-state index is 15.0. The van der Waals surface area contributed by atoms with Gasteiger partial charge < -0.3 is 4.74 Å². The molecule has 7 nitrogen and oxygen atoms in total. The van der Waals surface area contributed by atoms with Crippen LogP contribution in [0.3, 0.4) is 0 Å². The lowest BCUT2D eigenvalue weighted by molar-refractivity contribution is 0.00689. The van der Waals surface area contributed by atoms with Gasteiger partial charge >= 0.3 is 12.5 Å². The number of halogens is 4. The fraction of sp³-hybridized carbons (Fsp3) is 0.280. The molecule has 0 saturated carbocycles. The highest BCUT2D eigenvalue weighted by atomic mass is 79.9. The Bertz CT molecular complexity index is 1360. The number of hydrogen-bond donors (Lipinski definition) is 0. The summed E-state index contributed by atoms with van der Waals surface area (Å²) in [7, 11) is 0. The van der Waals surface area contributed by atoms with Gasteiger partial charge in [-0.1, -0.05) is 6.07 Å². The van der Waals surface area contributed by atoms with E-state index >= 15 is 0 Å². The minimum Gasteiger partial charge on any atom is -0.456 e. The Balaban J connectivity index is 1.64. The quantitative estimate of drug-likeness (QED) is 0.250. The molecule has 0 aliphatic heterocycles. The van der Waals surface area contributed by atoms with E-state index in [0.29, 0.717) is 21.6 Å². The van der Waals surface area contributed by atoms with Gasteiger partial charge in [0.15, 0.2) is 0 Å². The number of carbonyl (C=O) groups is 1. The maximum atomic E-state index is 15.0. The van der Waals surface area contributed by atoms with Crippen LogP contribution in [0.15, 0.2) is 65.7 Å². The molecule has 0 aliphatic rings. The molecule has 0 saturated heterocycles. The molecular weight excluding hydrogens is 539 g/mol. The second-order valence-electron chi connectivity index (χ2n) is 9.09. The molecule has 0 spiro atoms.